The van der Waals surface area contributed by atoms with Gasteiger partial charge in [0.1, 0.15) is 25.9 Å². The second-order valence-corrected chi connectivity index (χ2v) is 13.5. The minimum atomic E-state index is -3.28. The number of benzene rings is 1. The maximum absolute atomic E-state index is 14.5. The molecule has 0 saturated carbocycles. The molecule has 1 saturated heterocycles. The van der Waals surface area contributed by atoms with Crippen LogP contribution in [0.4, 0.5) is 25.0 Å². The van der Waals surface area contributed by atoms with Gasteiger partial charge in [-0.05, 0) is 63.8 Å². The molecule has 1 aliphatic rings. The summed E-state index contributed by atoms with van der Waals surface area (Å²) in [7, 11) is -2.04. The number of hydrogen-bond donors (Lipinski definition) is 1. The van der Waals surface area contributed by atoms with Crippen LogP contribution >= 0.6 is 0 Å². The molecule has 1 aromatic carbocycles. The van der Waals surface area contributed by atoms with Crippen LogP contribution in [0.2, 0.25) is 0 Å². The molecule has 9 nitrogen and oxygen atoms in total. The molecule has 1 fully saturated rings. The fourth-order valence-electron chi connectivity index (χ4n) is 4.60. The van der Waals surface area contributed by atoms with Crippen molar-refractivity contribution >= 4 is 33.1 Å². The summed E-state index contributed by atoms with van der Waals surface area (Å²) in [5.41, 5.74) is -1.82. The molecule has 1 aliphatic heterocycles. The lowest BCUT2D eigenvalue weighted by Crippen LogP contribution is -2.51. The van der Waals surface area contributed by atoms with Crippen LogP contribution in [-0.2, 0) is 19.3 Å². The third kappa shape index (κ3) is 6.23. The first-order chi connectivity index (χ1) is 17.4. The van der Waals surface area contributed by atoms with Gasteiger partial charge in [-0.25, -0.2) is 18.4 Å². The van der Waals surface area contributed by atoms with E-state index in [0.29, 0.717) is 13.0 Å². The maximum atomic E-state index is 14.5. The van der Waals surface area contributed by atoms with Gasteiger partial charge in [-0.3, -0.25) is 4.79 Å². The van der Waals surface area contributed by atoms with Gasteiger partial charge in [0.2, 0.25) is 11.7 Å². The number of pyridine rings is 1. The second-order valence-electron chi connectivity index (χ2n) is 11.3. The monoisotopic (exact) mass is 552 g/mol. The lowest BCUT2D eigenvalue weighted by molar-refractivity contribution is -0.120. The largest absolute Gasteiger partial charge is 0.491 e. The van der Waals surface area contributed by atoms with Crippen molar-refractivity contribution in [1.82, 2.24) is 4.98 Å². The summed E-state index contributed by atoms with van der Waals surface area (Å²) in [5.74, 6) is -2.91. The van der Waals surface area contributed by atoms with Crippen LogP contribution in [0.15, 0.2) is 39.9 Å². The molecular formula is C26H34F2N4O5S. The molecule has 2 aromatic rings. The van der Waals surface area contributed by atoms with Crippen molar-refractivity contribution in [2.45, 2.75) is 64.1 Å². The highest BCUT2D eigenvalue weighted by molar-refractivity contribution is 7.93. The lowest BCUT2D eigenvalue weighted by atomic mass is 9.84. The molecule has 12 heteroatoms. The summed E-state index contributed by atoms with van der Waals surface area (Å²) in [4.78, 5) is 31.6. The van der Waals surface area contributed by atoms with Crippen molar-refractivity contribution in [3.05, 3.63) is 42.1 Å². The summed E-state index contributed by atoms with van der Waals surface area (Å²) >= 11 is 0. The highest BCUT2D eigenvalue weighted by atomic mass is 32.2. The molecule has 208 valence electrons. The van der Waals surface area contributed by atoms with Gasteiger partial charge in [0.25, 0.3) is 0 Å². The SMILES string of the molecule is COc1c(N2CC(C)(C)CC2(C)C(=O)Nc2ccnc(S(C)(=O)=NC(=O)OC(C)(C)C)c2)ccc(F)c1F. The van der Waals surface area contributed by atoms with Crippen LogP contribution in [-0.4, -0.2) is 52.2 Å². The van der Waals surface area contributed by atoms with Crippen molar-refractivity contribution in [2.75, 3.05) is 30.1 Å². The van der Waals surface area contributed by atoms with Gasteiger partial charge < -0.3 is 19.7 Å². The zero-order chi connectivity index (χ0) is 28.7. The Hall–Kier alpha value is -3.28. The molecule has 1 N–H and O–H groups in total. The fraction of sp³-hybridized carbons (Fsp3) is 0.500. The van der Waals surface area contributed by atoms with Gasteiger partial charge in [-0.1, -0.05) is 13.8 Å². The minimum Gasteiger partial charge on any atom is -0.491 e. The van der Waals surface area contributed by atoms with E-state index in [9.17, 15) is 22.6 Å². The van der Waals surface area contributed by atoms with Crippen molar-refractivity contribution in [1.29, 1.82) is 0 Å². The van der Waals surface area contributed by atoms with E-state index in [0.717, 1.165) is 6.07 Å². The number of aromatic nitrogens is 1. The Morgan fingerprint density at radius 1 is 1.18 bits per heavy atom. The smallest absolute Gasteiger partial charge is 0.442 e. The van der Waals surface area contributed by atoms with E-state index in [-0.39, 0.29) is 27.6 Å². The van der Waals surface area contributed by atoms with Crippen LogP contribution in [0.3, 0.4) is 0 Å². The number of carbonyl (C=O) groups excluding carboxylic acids is 2. The molecule has 2 unspecified atom stereocenters. The van der Waals surface area contributed by atoms with Crippen LogP contribution in [0.5, 0.6) is 5.75 Å². The van der Waals surface area contributed by atoms with Crippen LogP contribution < -0.4 is 15.0 Å². The summed E-state index contributed by atoms with van der Waals surface area (Å²) < 4.78 is 55.6. The predicted octanol–water partition coefficient (Wildman–Crippen LogP) is 5.39. The fourth-order valence-corrected chi connectivity index (χ4v) is 5.62. The standard InChI is InChI=1S/C26H34F2N4O5S/c1-24(2,3)37-23(34)31-38(8,35)19-13-16(11-12-29-19)30-22(33)26(6)14-25(4,5)15-32(26)18-10-9-17(27)20(28)21(18)36-7/h9-13H,14-15H2,1-8H3,(H,29,30,33). The van der Waals surface area contributed by atoms with E-state index < -0.39 is 44.5 Å². The number of nitrogens with one attached hydrogen (secondary N) is 1. The van der Waals surface area contributed by atoms with E-state index in [4.69, 9.17) is 9.47 Å². The number of methoxy groups -OCH3 is 1. The Kier molecular flexibility index (Phi) is 7.80. The average molecular weight is 553 g/mol. The van der Waals surface area contributed by atoms with Crippen LogP contribution in [0.1, 0.15) is 48.0 Å². The first kappa shape index (κ1) is 29.3. The molecule has 2 atom stereocenters. The van der Waals surface area contributed by atoms with E-state index in [1.807, 2.05) is 13.8 Å². The third-order valence-corrected chi connectivity index (χ3v) is 7.54. The van der Waals surface area contributed by atoms with E-state index in [1.54, 1.807) is 32.6 Å². The number of ether oxygens (including phenoxy) is 2. The van der Waals surface area contributed by atoms with Gasteiger partial charge in [-0.2, -0.15) is 4.39 Å². The van der Waals surface area contributed by atoms with Gasteiger partial charge in [0.15, 0.2) is 11.6 Å². The molecule has 3 rings (SSSR count). The minimum absolute atomic E-state index is 0.0165. The van der Waals surface area contributed by atoms with Gasteiger partial charge in [-0.15, -0.1) is 4.36 Å². The Morgan fingerprint density at radius 3 is 2.45 bits per heavy atom. The van der Waals surface area contributed by atoms with Crippen molar-refractivity contribution in [3.63, 3.8) is 0 Å². The number of halogens is 2. The summed E-state index contributed by atoms with van der Waals surface area (Å²) in [5, 5.41) is 2.80. The number of nitrogens with zero attached hydrogens (tertiary/aromatic N) is 3. The highest BCUT2D eigenvalue weighted by Crippen LogP contribution is 2.47. The Morgan fingerprint density at radius 2 is 1.84 bits per heavy atom. The highest BCUT2D eigenvalue weighted by Gasteiger charge is 2.52. The van der Waals surface area contributed by atoms with Crippen molar-refractivity contribution in [2.24, 2.45) is 9.78 Å². The number of anilines is 2. The van der Waals surface area contributed by atoms with Crippen LogP contribution in [0.25, 0.3) is 0 Å². The molecule has 0 aliphatic carbocycles. The summed E-state index contributed by atoms with van der Waals surface area (Å²) in [6.07, 6.45) is 2.00. The Balaban J connectivity index is 1.95. The van der Waals surface area contributed by atoms with Crippen molar-refractivity contribution < 1.29 is 32.1 Å². The van der Waals surface area contributed by atoms with Gasteiger partial charge >= 0.3 is 6.09 Å². The Bertz CT molecular complexity index is 1380. The van der Waals surface area contributed by atoms with Gasteiger partial charge in [0, 0.05) is 24.7 Å². The maximum Gasteiger partial charge on any atom is 0.442 e. The zero-order valence-corrected chi connectivity index (χ0v) is 23.7. The predicted molar refractivity (Wildman–Crippen MR) is 141 cm³/mol. The normalized spacial score (nSPS) is 20.4. The molecule has 2 heterocycles. The molecule has 1 aromatic heterocycles. The molecular weight excluding hydrogens is 518 g/mol. The van der Waals surface area contributed by atoms with Gasteiger partial charge in [0.05, 0.1) is 12.8 Å². The topological polar surface area (TPSA) is 110 Å². The Labute approximate surface area is 222 Å². The van der Waals surface area contributed by atoms with Crippen molar-refractivity contribution in [3.8, 4) is 5.75 Å². The molecule has 2 amide bonds. The van der Waals surface area contributed by atoms with E-state index >= 15 is 0 Å². The zero-order valence-electron chi connectivity index (χ0n) is 22.8. The molecule has 38 heavy (non-hydrogen) atoms. The molecule has 0 radical (unpaired) electrons. The lowest BCUT2D eigenvalue weighted by Gasteiger charge is -2.36. The second kappa shape index (κ2) is 10.1. The number of hydrogen-bond acceptors (Lipinski definition) is 7. The first-order valence-corrected chi connectivity index (χ1v) is 13.8. The number of amides is 2. The number of carbonyl (C=O) groups is 2. The molecule has 0 bridgehead atoms. The van der Waals surface area contributed by atoms with E-state index in [2.05, 4.69) is 14.7 Å². The summed E-state index contributed by atoms with van der Waals surface area (Å²) in [6, 6.07) is 5.27. The quantitative estimate of drug-likeness (QED) is 0.529. The average Bonchev–Trinajstić information content (AvgIpc) is 3.03. The van der Waals surface area contributed by atoms with Crippen LogP contribution in [0, 0.1) is 17.0 Å². The van der Waals surface area contributed by atoms with E-state index in [1.165, 1.54) is 37.8 Å². The molecule has 0 spiro atoms. The third-order valence-electron chi connectivity index (χ3n) is 6.04. The summed E-state index contributed by atoms with van der Waals surface area (Å²) in [6.45, 7) is 11.0. The number of rotatable bonds is 5. The first-order valence-electron chi connectivity index (χ1n) is 11.9.